The van der Waals surface area contributed by atoms with Crippen molar-refractivity contribution in [1.82, 2.24) is 9.97 Å². The second kappa shape index (κ2) is 6.27. The topological polar surface area (TPSA) is 84.2 Å². The first-order chi connectivity index (χ1) is 10.6. The molecule has 0 atom stereocenters. The fourth-order valence-corrected chi connectivity index (χ4v) is 3.29. The molecule has 0 spiro atoms. The fourth-order valence-electron chi connectivity index (χ4n) is 2.52. The predicted molar refractivity (Wildman–Crippen MR) is 86.6 cm³/mol. The summed E-state index contributed by atoms with van der Waals surface area (Å²) in [5, 5.41) is 17.1. The van der Waals surface area contributed by atoms with Crippen molar-refractivity contribution in [2.45, 2.75) is 25.8 Å². The third kappa shape index (κ3) is 3.33. The molecule has 2 aromatic heterocycles. The van der Waals surface area contributed by atoms with Gasteiger partial charge in [-0.1, -0.05) is 0 Å². The molecule has 7 nitrogen and oxygen atoms in total. The molecule has 1 fully saturated rings. The van der Waals surface area contributed by atoms with Gasteiger partial charge in [0.25, 0.3) is 5.69 Å². The van der Waals surface area contributed by atoms with Gasteiger partial charge in [0.15, 0.2) is 5.13 Å². The summed E-state index contributed by atoms with van der Waals surface area (Å²) >= 11 is 1.63. The first kappa shape index (κ1) is 14.7. The van der Waals surface area contributed by atoms with Gasteiger partial charge in [-0.3, -0.25) is 10.1 Å². The van der Waals surface area contributed by atoms with Gasteiger partial charge >= 0.3 is 0 Å². The van der Waals surface area contributed by atoms with E-state index in [0.29, 0.717) is 6.04 Å². The zero-order chi connectivity index (χ0) is 15.5. The first-order valence-electron chi connectivity index (χ1n) is 7.16. The zero-order valence-electron chi connectivity index (χ0n) is 12.2. The van der Waals surface area contributed by atoms with Gasteiger partial charge in [-0.15, -0.1) is 11.3 Å². The summed E-state index contributed by atoms with van der Waals surface area (Å²) in [6.07, 6.45) is 3.31. The smallest absolute Gasteiger partial charge is 0.287 e. The highest BCUT2D eigenvalue weighted by atomic mass is 32.1. The van der Waals surface area contributed by atoms with Gasteiger partial charge in [-0.25, -0.2) is 9.97 Å². The molecule has 2 aromatic rings. The summed E-state index contributed by atoms with van der Waals surface area (Å²) in [6, 6.07) is 3.64. The lowest BCUT2D eigenvalue weighted by molar-refractivity contribution is -0.385. The Balaban J connectivity index is 1.56. The van der Waals surface area contributed by atoms with Crippen molar-refractivity contribution in [2.24, 2.45) is 0 Å². The fraction of sp³-hybridized carbons (Fsp3) is 0.429. The van der Waals surface area contributed by atoms with Crippen LogP contribution in [-0.4, -0.2) is 34.0 Å². The van der Waals surface area contributed by atoms with Crippen LogP contribution in [0.4, 0.5) is 16.6 Å². The standard InChI is InChI=1S/C14H17N5O2S/c1-10-9-22-14(16-10)17-11-4-6-18(7-5-11)13-3-2-12(8-15-13)19(20)21/h2-3,8-9,11H,4-7H2,1H3,(H,16,17). The quantitative estimate of drug-likeness (QED) is 0.689. The van der Waals surface area contributed by atoms with E-state index in [-0.39, 0.29) is 5.69 Å². The summed E-state index contributed by atoms with van der Waals surface area (Å²) in [5.41, 5.74) is 1.07. The average Bonchev–Trinajstić information content (AvgIpc) is 2.93. The molecular formula is C14H17N5O2S. The molecule has 3 rings (SSSR count). The van der Waals surface area contributed by atoms with Crippen molar-refractivity contribution < 1.29 is 4.92 Å². The van der Waals surface area contributed by atoms with Crippen LogP contribution in [-0.2, 0) is 0 Å². The highest BCUT2D eigenvalue weighted by molar-refractivity contribution is 7.13. The monoisotopic (exact) mass is 319 g/mol. The molecule has 1 N–H and O–H groups in total. The Kier molecular flexibility index (Phi) is 4.19. The van der Waals surface area contributed by atoms with E-state index in [1.54, 1.807) is 17.4 Å². The van der Waals surface area contributed by atoms with Crippen LogP contribution in [0.1, 0.15) is 18.5 Å². The van der Waals surface area contributed by atoms with Gasteiger partial charge in [0, 0.05) is 30.6 Å². The third-order valence-corrected chi connectivity index (χ3v) is 4.60. The van der Waals surface area contributed by atoms with Crippen LogP contribution < -0.4 is 10.2 Å². The number of thiazole rings is 1. The number of aromatic nitrogens is 2. The van der Waals surface area contributed by atoms with Crippen molar-refractivity contribution >= 4 is 28.0 Å². The Morgan fingerprint density at radius 2 is 2.18 bits per heavy atom. The molecule has 0 amide bonds. The highest BCUT2D eigenvalue weighted by Crippen LogP contribution is 2.23. The predicted octanol–water partition coefficient (Wildman–Crippen LogP) is 2.84. The Labute approximate surface area is 132 Å². The molecule has 116 valence electrons. The van der Waals surface area contributed by atoms with Gasteiger partial charge in [-0.05, 0) is 25.8 Å². The SMILES string of the molecule is Cc1csc(NC2CCN(c3ccc([N+](=O)[O-])cn3)CC2)n1. The molecule has 0 unspecified atom stereocenters. The first-order valence-corrected chi connectivity index (χ1v) is 8.04. The molecule has 0 radical (unpaired) electrons. The molecular weight excluding hydrogens is 302 g/mol. The Morgan fingerprint density at radius 3 is 2.73 bits per heavy atom. The molecule has 0 aromatic carbocycles. The highest BCUT2D eigenvalue weighted by Gasteiger charge is 2.21. The summed E-state index contributed by atoms with van der Waals surface area (Å²) in [4.78, 5) is 21.0. The van der Waals surface area contributed by atoms with E-state index in [0.717, 1.165) is 42.6 Å². The van der Waals surface area contributed by atoms with E-state index >= 15 is 0 Å². The molecule has 3 heterocycles. The molecule has 0 aliphatic carbocycles. The molecule has 1 aliphatic heterocycles. The summed E-state index contributed by atoms with van der Waals surface area (Å²) in [5.74, 6) is 0.800. The van der Waals surface area contributed by atoms with Crippen molar-refractivity contribution in [3.8, 4) is 0 Å². The summed E-state index contributed by atoms with van der Waals surface area (Å²) in [6.45, 7) is 3.75. The number of pyridine rings is 1. The average molecular weight is 319 g/mol. The molecule has 8 heteroatoms. The van der Waals surface area contributed by atoms with E-state index < -0.39 is 4.92 Å². The van der Waals surface area contributed by atoms with Gasteiger partial charge in [0.05, 0.1) is 10.6 Å². The van der Waals surface area contributed by atoms with Crippen molar-refractivity contribution in [3.05, 3.63) is 39.5 Å². The molecule has 0 bridgehead atoms. The number of hydrogen-bond acceptors (Lipinski definition) is 7. The van der Waals surface area contributed by atoms with Gasteiger partial charge in [0.2, 0.25) is 0 Å². The Bertz CT molecular complexity index is 650. The van der Waals surface area contributed by atoms with Crippen LogP contribution >= 0.6 is 11.3 Å². The number of piperidine rings is 1. The van der Waals surface area contributed by atoms with E-state index in [1.165, 1.54) is 12.3 Å². The molecule has 0 saturated carbocycles. The maximum atomic E-state index is 10.6. The lowest BCUT2D eigenvalue weighted by Crippen LogP contribution is -2.39. The zero-order valence-corrected chi connectivity index (χ0v) is 13.0. The maximum Gasteiger partial charge on any atom is 0.287 e. The van der Waals surface area contributed by atoms with Crippen LogP contribution in [0, 0.1) is 17.0 Å². The number of aryl methyl sites for hydroxylation is 1. The van der Waals surface area contributed by atoms with Gasteiger partial charge in [-0.2, -0.15) is 0 Å². The largest absolute Gasteiger partial charge is 0.359 e. The number of hydrogen-bond donors (Lipinski definition) is 1. The van der Waals surface area contributed by atoms with Gasteiger partial charge in [0.1, 0.15) is 12.0 Å². The molecule has 1 aliphatic rings. The number of nitrogens with zero attached hydrogens (tertiary/aromatic N) is 4. The minimum atomic E-state index is -0.428. The van der Waals surface area contributed by atoms with Crippen LogP contribution in [0.15, 0.2) is 23.7 Å². The van der Waals surface area contributed by atoms with E-state index in [2.05, 4.69) is 20.2 Å². The van der Waals surface area contributed by atoms with Crippen molar-refractivity contribution in [2.75, 3.05) is 23.3 Å². The number of nitro groups is 1. The van der Waals surface area contributed by atoms with Crippen LogP contribution in [0.5, 0.6) is 0 Å². The second-order valence-corrected chi connectivity index (χ2v) is 6.19. The Hall–Kier alpha value is -2.22. The number of rotatable bonds is 4. The Morgan fingerprint density at radius 1 is 1.41 bits per heavy atom. The van der Waals surface area contributed by atoms with Crippen LogP contribution in [0.2, 0.25) is 0 Å². The lowest BCUT2D eigenvalue weighted by atomic mass is 10.1. The minimum absolute atomic E-state index is 0.0273. The number of nitrogens with one attached hydrogen (secondary N) is 1. The molecule has 22 heavy (non-hydrogen) atoms. The van der Waals surface area contributed by atoms with Gasteiger partial charge < -0.3 is 10.2 Å². The third-order valence-electron chi connectivity index (χ3n) is 3.71. The summed E-state index contributed by atoms with van der Waals surface area (Å²) in [7, 11) is 0. The summed E-state index contributed by atoms with van der Waals surface area (Å²) < 4.78 is 0. The molecule has 1 saturated heterocycles. The van der Waals surface area contributed by atoms with E-state index in [1.807, 2.05) is 12.3 Å². The van der Waals surface area contributed by atoms with E-state index in [4.69, 9.17) is 0 Å². The van der Waals surface area contributed by atoms with Crippen LogP contribution in [0.3, 0.4) is 0 Å². The minimum Gasteiger partial charge on any atom is -0.359 e. The van der Waals surface area contributed by atoms with E-state index in [9.17, 15) is 10.1 Å². The van der Waals surface area contributed by atoms with Crippen LogP contribution in [0.25, 0.3) is 0 Å². The lowest BCUT2D eigenvalue weighted by Gasteiger charge is -2.33. The maximum absolute atomic E-state index is 10.6. The van der Waals surface area contributed by atoms with Crippen molar-refractivity contribution in [3.63, 3.8) is 0 Å². The van der Waals surface area contributed by atoms with Crippen molar-refractivity contribution in [1.29, 1.82) is 0 Å². The number of anilines is 2. The second-order valence-electron chi connectivity index (χ2n) is 5.33. The normalized spacial score (nSPS) is 15.8.